The number of amides is 1. The molecular formula is C22H21N3O4. The molecule has 1 amide bonds. The molecule has 0 bridgehead atoms. The molecule has 2 aromatic carbocycles. The van der Waals surface area contributed by atoms with E-state index in [1.807, 2.05) is 18.2 Å². The molecule has 148 valence electrons. The number of rotatable bonds is 5. The van der Waals surface area contributed by atoms with E-state index in [0.29, 0.717) is 22.1 Å². The predicted octanol–water partition coefficient (Wildman–Crippen LogP) is 3.81. The van der Waals surface area contributed by atoms with Gasteiger partial charge in [-0.2, -0.15) is 0 Å². The largest absolute Gasteiger partial charge is 0.436 e. The summed E-state index contributed by atoms with van der Waals surface area (Å²) in [5.41, 5.74) is 1.93. The first-order valence-electron chi connectivity index (χ1n) is 9.51. The van der Waals surface area contributed by atoms with E-state index in [1.54, 1.807) is 24.3 Å². The van der Waals surface area contributed by atoms with Gasteiger partial charge < -0.3 is 19.1 Å². The van der Waals surface area contributed by atoms with Gasteiger partial charge in [0.25, 0.3) is 5.91 Å². The third-order valence-electron chi connectivity index (χ3n) is 4.98. The van der Waals surface area contributed by atoms with Gasteiger partial charge in [0.2, 0.25) is 5.89 Å². The van der Waals surface area contributed by atoms with Crippen molar-refractivity contribution in [2.45, 2.75) is 13.8 Å². The van der Waals surface area contributed by atoms with Gasteiger partial charge in [-0.3, -0.25) is 4.79 Å². The number of hydrogen-bond acceptors (Lipinski definition) is 6. The van der Waals surface area contributed by atoms with Crippen LogP contribution in [0.25, 0.3) is 33.5 Å². The molecule has 0 saturated heterocycles. The number of fused-ring (bicyclic) bond motifs is 2. The molecule has 2 aromatic heterocycles. The molecule has 4 rings (SSSR count). The average molecular weight is 391 g/mol. The van der Waals surface area contributed by atoms with Crippen LogP contribution in [0.4, 0.5) is 5.69 Å². The molecule has 0 aliphatic rings. The Hall–Kier alpha value is -3.61. The van der Waals surface area contributed by atoms with E-state index < -0.39 is 11.5 Å². The molecule has 0 radical (unpaired) electrons. The number of oxazole rings is 1. The van der Waals surface area contributed by atoms with Crippen molar-refractivity contribution in [3.63, 3.8) is 0 Å². The second-order valence-electron chi connectivity index (χ2n) is 6.56. The number of nitrogens with one attached hydrogen (secondary N) is 1. The van der Waals surface area contributed by atoms with Crippen LogP contribution in [0.3, 0.4) is 0 Å². The minimum Gasteiger partial charge on any atom is -0.436 e. The lowest BCUT2D eigenvalue weighted by Gasteiger charge is -2.21. The zero-order chi connectivity index (χ0) is 20.5. The summed E-state index contributed by atoms with van der Waals surface area (Å²) >= 11 is 0. The Morgan fingerprint density at radius 1 is 1.07 bits per heavy atom. The minimum atomic E-state index is -0.667. The van der Waals surface area contributed by atoms with Crippen LogP contribution in [0, 0.1) is 0 Å². The summed E-state index contributed by atoms with van der Waals surface area (Å²) in [6, 6.07) is 12.7. The van der Waals surface area contributed by atoms with E-state index in [2.05, 4.69) is 29.0 Å². The number of aromatic nitrogens is 1. The maximum atomic E-state index is 12.9. The van der Waals surface area contributed by atoms with Crippen molar-refractivity contribution in [2.24, 2.45) is 0 Å². The van der Waals surface area contributed by atoms with Crippen LogP contribution < -0.4 is 15.8 Å². The van der Waals surface area contributed by atoms with Crippen LogP contribution in [0.1, 0.15) is 24.2 Å². The fraction of sp³-hybridized carbons (Fsp3) is 0.227. The lowest BCUT2D eigenvalue weighted by molar-refractivity contribution is 0.0964. The smallest absolute Gasteiger partial charge is 0.349 e. The van der Waals surface area contributed by atoms with Crippen LogP contribution in [0.2, 0.25) is 0 Å². The second kappa shape index (κ2) is 7.43. The Kier molecular flexibility index (Phi) is 4.80. The number of nitrogens with zero attached hydrogens (tertiary/aromatic N) is 2. The van der Waals surface area contributed by atoms with Gasteiger partial charge >= 0.3 is 5.63 Å². The molecule has 0 fully saturated rings. The van der Waals surface area contributed by atoms with Gasteiger partial charge in [0, 0.05) is 37.3 Å². The van der Waals surface area contributed by atoms with E-state index in [4.69, 9.17) is 8.83 Å². The summed E-state index contributed by atoms with van der Waals surface area (Å²) in [4.78, 5) is 32.2. The monoisotopic (exact) mass is 391 g/mol. The highest BCUT2D eigenvalue weighted by Gasteiger charge is 2.25. The Morgan fingerprint density at radius 3 is 2.52 bits per heavy atom. The third kappa shape index (κ3) is 3.14. The number of para-hydroxylation sites is 2. The fourth-order valence-electron chi connectivity index (χ4n) is 3.51. The number of benzene rings is 2. The summed E-state index contributed by atoms with van der Waals surface area (Å²) in [6.45, 7) is 5.73. The van der Waals surface area contributed by atoms with Crippen molar-refractivity contribution in [3.05, 3.63) is 58.4 Å². The minimum absolute atomic E-state index is 0.0173. The van der Waals surface area contributed by atoms with Crippen molar-refractivity contribution in [3.8, 4) is 11.5 Å². The van der Waals surface area contributed by atoms with Crippen LogP contribution in [-0.2, 0) is 0 Å². The van der Waals surface area contributed by atoms with E-state index >= 15 is 0 Å². The van der Waals surface area contributed by atoms with Gasteiger partial charge in [-0.1, -0.05) is 12.1 Å². The maximum absolute atomic E-state index is 12.9. The predicted molar refractivity (Wildman–Crippen MR) is 112 cm³/mol. The Morgan fingerprint density at radius 2 is 1.83 bits per heavy atom. The van der Waals surface area contributed by atoms with Crippen molar-refractivity contribution >= 4 is 33.7 Å². The molecule has 0 unspecified atom stereocenters. The van der Waals surface area contributed by atoms with E-state index in [1.165, 1.54) is 7.05 Å². The molecular weight excluding hydrogens is 370 g/mol. The summed E-state index contributed by atoms with van der Waals surface area (Å²) < 4.78 is 11.4. The maximum Gasteiger partial charge on any atom is 0.349 e. The number of carbonyl (C=O) groups excluding carboxylic acids is 1. The number of hydrogen-bond donors (Lipinski definition) is 1. The Bertz CT molecular complexity index is 1240. The highest BCUT2D eigenvalue weighted by molar-refractivity contribution is 6.10. The zero-order valence-electron chi connectivity index (χ0n) is 16.5. The molecule has 0 aliphatic heterocycles. The van der Waals surface area contributed by atoms with Crippen molar-refractivity contribution in [1.29, 1.82) is 0 Å². The molecule has 4 aromatic rings. The standard InChI is InChI=1S/C22H21N3O4/c1-4-25(5-2)13-10-11-14-17(12-13)29-22(27)19(18(14)20(26)23-3)21-24-15-8-6-7-9-16(15)28-21/h6-12H,4-5H2,1-3H3,(H,23,26). The van der Waals surface area contributed by atoms with E-state index in [9.17, 15) is 9.59 Å². The quantitative estimate of drug-likeness (QED) is 0.521. The van der Waals surface area contributed by atoms with Gasteiger partial charge in [0.05, 0.1) is 5.56 Å². The highest BCUT2D eigenvalue weighted by Crippen LogP contribution is 2.31. The fourth-order valence-corrected chi connectivity index (χ4v) is 3.51. The molecule has 0 saturated carbocycles. The summed E-state index contributed by atoms with van der Waals surface area (Å²) in [6.07, 6.45) is 0. The first-order valence-corrected chi connectivity index (χ1v) is 9.51. The molecule has 0 aliphatic carbocycles. The Labute approximate surface area is 166 Å². The van der Waals surface area contributed by atoms with Crippen LogP contribution in [-0.4, -0.2) is 31.0 Å². The summed E-state index contributed by atoms with van der Waals surface area (Å²) in [7, 11) is 1.52. The molecule has 29 heavy (non-hydrogen) atoms. The molecule has 1 N–H and O–H groups in total. The first kappa shape index (κ1) is 18.7. The molecule has 7 heteroatoms. The lowest BCUT2D eigenvalue weighted by atomic mass is 10.0. The lowest BCUT2D eigenvalue weighted by Crippen LogP contribution is -2.23. The van der Waals surface area contributed by atoms with Crippen molar-refractivity contribution in [1.82, 2.24) is 10.3 Å². The molecule has 0 spiro atoms. The first-order chi connectivity index (χ1) is 14.1. The van der Waals surface area contributed by atoms with Gasteiger partial charge in [-0.25, -0.2) is 9.78 Å². The Balaban J connectivity index is 2.01. The molecule has 0 atom stereocenters. The van der Waals surface area contributed by atoms with Crippen molar-refractivity contribution in [2.75, 3.05) is 25.0 Å². The summed E-state index contributed by atoms with van der Waals surface area (Å²) in [5, 5.41) is 3.13. The van der Waals surface area contributed by atoms with Crippen LogP contribution >= 0.6 is 0 Å². The topological polar surface area (TPSA) is 88.6 Å². The second-order valence-corrected chi connectivity index (χ2v) is 6.56. The average Bonchev–Trinajstić information content (AvgIpc) is 3.16. The van der Waals surface area contributed by atoms with E-state index in [-0.39, 0.29) is 17.0 Å². The highest BCUT2D eigenvalue weighted by atomic mass is 16.4. The van der Waals surface area contributed by atoms with Crippen LogP contribution in [0.5, 0.6) is 0 Å². The zero-order valence-corrected chi connectivity index (χ0v) is 16.5. The SMILES string of the molecule is CCN(CC)c1ccc2c(C(=O)NC)c(-c3nc4ccccc4o3)c(=O)oc2c1. The summed E-state index contributed by atoms with van der Waals surface area (Å²) in [5.74, 6) is -0.344. The number of carbonyl (C=O) groups is 1. The van der Waals surface area contributed by atoms with Gasteiger partial charge in [-0.15, -0.1) is 0 Å². The van der Waals surface area contributed by atoms with Crippen LogP contribution in [0.15, 0.2) is 56.1 Å². The van der Waals surface area contributed by atoms with Crippen molar-refractivity contribution < 1.29 is 13.6 Å². The van der Waals surface area contributed by atoms with Gasteiger partial charge in [0.1, 0.15) is 16.7 Å². The third-order valence-corrected chi connectivity index (χ3v) is 4.98. The van der Waals surface area contributed by atoms with Gasteiger partial charge in [0.15, 0.2) is 5.58 Å². The van der Waals surface area contributed by atoms with Gasteiger partial charge in [-0.05, 0) is 38.1 Å². The molecule has 2 heterocycles. The normalized spacial score (nSPS) is 11.1. The van der Waals surface area contributed by atoms with E-state index in [0.717, 1.165) is 18.8 Å². The molecule has 7 nitrogen and oxygen atoms in total. The number of anilines is 1.